The Hall–Kier alpha value is -1.84. The fourth-order valence-corrected chi connectivity index (χ4v) is 4.02. The number of hydrogen-bond donors (Lipinski definition) is 0. The Bertz CT molecular complexity index is 781. The zero-order valence-electron chi connectivity index (χ0n) is 20.9. The first-order chi connectivity index (χ1) is 14.7. The van der Waals surface area contributed by atoms with E-state index in [9.17, 15) is 0 Å². The molecule has 0 atom stereocenters. The van der Waals surface area contributed by atoms with Crippen molar-refractivity contribution in [2.24, 2.45) is 11.8 Å². The van der Waals surface area contributed by atoms with Crippen LogP contribution in [0.5, 0.6) is 5.75 Å². The Morgan fingerprint density at radius 1 is 0.806 bits per heavy atom. The fraction of sp³-hybridized carbons (Fsp3) is 0.571. The molecule has 0 N–H and O–H groups in total. The fourth-order valence-electron chi connectivity index (χ4n) is 4.02. The van der Waals surface area contributed by atoms with Crippen LogP contribution in [0.3, 0.4) is 0 Å². The Kier molecular flexibility index (Phi) is 10.1. The standard InChI is InChI=1S/C28H44NO2/c1-22(2)19-26-14-13-24(5)28(27(26)20-23(3)4)31-18-17-30-16-15-29(6,7)21-25-11-9-8-10-12-25/h8-14,22-23H,15-21H2,1-7H3/q+1. The molecule has 172 valence electrons. The minimum atomic E-state index is 0.600. The van der Waals surface area contributed by atoms with E-state index in [-0.39, 0.29) is 0 Å². The molecular formula is C28H44NO2+. The lowest BCUT2D eigenvalue weighted by Gasteiger charge is -2.29. The lowest BCUT2D eigenvalue weighted by Crippen LogP contribution is -2.41. The summed E-state index contributed by atoms with van der Waals surface area (Å²) in [6.07, 6.45) is 2.16. The van der Waals surface area contributed by atoms with Crippen LogP contribution in [0.15, 0.2) is 42.5 Å². The third kappa shape index (κ3) is 9.04. The van der Waals surface area contributed by atoms with Crippen molar-refractivity contribution in [2.75, 3.05) is 40.5 Å². The van der Waals surface area contributed by atoms with Crippen molar-refractivity contribution >= 4 is 0 Å². The first-order valence-electron chi connectivity index (χ1n) is 11.9. The van der Waals surface area contributed by atoms with Crippen LogP contribution < -0.4 is 4.74 Å². The summed E-state index contributed by atoms with van der Waals surface area (Å²) in [5, 5.41) is 0. The lowest BCUT2D eigenvalue weighted by molar-refractivity contribution is -0.904. The third-order valence-corrected chi connectivity index (χ3v) is 5.56. The lowest BCUT2D eigenvalue weighted by atomic mass is 9.90. The van der Waals surface area contributed by atoms with Gasteiger partial charge in [0, 0.05) is 5.56 Å². The molecule has 2 aromatic rings. The van der Waals surface area contributed by atoms with Gasteiger partial charge in [-0.15, -0.1) is 0 Å². The minimum Gasteiger partial charge on any atom is -0.491 e. The van der Waals surface area contributed by atoms with Crippen molar-refractivity contribution in [3.8, 4) is 5.75 Å². The van der Waals surface area contributed by atoms with E-state index >= 15 is 0 Å². The summed E-state index contributed by atoms with van der Waals surface area (Å²) in [6, 6.07) is 15.2. The molecule has 0 fully saturated rings. The molecule has 3 heteroatoms. The molecule has 0 saturated heterocycles. The number of quaternary nitrogens is 1. The maximum Gasteiger partial charge on any atom is 0.125 e. The van der Waals surface area contributed by atoms with E-state index in [2.05, 4.69) is 91.2 Å². The summed E-state index contributed by atoms with van der Waals surface area (Å²) in [5.74, 6) is 2.33. The van der Waals surface area contributed by atoms with Crippen LogP contribution in [0.25, 0.3) is 0 Å². The average Bonchev–Trinajstić information content (AvgIpc) is 2.68. The largest absolute Gasteiger partial charge is 0.491 e. The van der Waals surface area contributed by atoms with Gasteiger partial charge < -0.3 is 14.0 Å². The zero-order chi connectivity index (χ0) is 22.9. The number of rotatable bonds is 13. The molecule has 0 aliphatic rings. The molecule has 0 heterocycles. The van der Waals surface area contributed by atoms with Gasteiger partial charge in [0.25, 0.3) is 0 Å². The zero-order valence-corrected chi connectivity index (χ0v) is 20.9. The molecule has 0 bridgehead atoms. The van der Waals surface area contributed by atoms with Crippen LogP contribution in [0.1, 0.15) is 49.9 Å². The van der Waals surface area contributed by atoms with Gasteiger partial charge in [-0.1, -0.05) is 70.2 Å². The molecule has 0 aromatic heterocycles. The van der Waals surface area contributed by atoms with Gasteiger partial charge in [-0.05, 0) is 48.3 Å². The van der Waals surface area contributed by atoms with Gasteiger partial charge in [-0.25, -0.2) is 0 Å². The Morgan fingerprint density at radius 2 is 1.48 bits per heavy atom. The van der Waals surface area contributed by atoms with Crippen molar-refractivity contribution in [3.05, 3.63) is 64.7 Å². The number of hydrogen-bond acceptors (Lipinski definition) is 2. The van der Waals surface area contributed by atoms with Crippen LogP contribution in [0.2, 0.25) is 0 Å². The van der Waals surface area contributed by atoms with Gasteiger partial charge in [-0.3, -0.25) is 0 Å². The maximum atomic E-state index is 6.29. The molecule has 2 rings (SSSR count). The highest BCUT2D eigenvalue weighted by atomic mass is 16.5. The normalized spacial score (nSPS) is 12.0. The molecule has 0 radical (unpaired) electrons. The SMILES string of the molecule is Cc1ccc(CC(C)C)c(CC(C)C)c1OCCOCC[N+](C)(C)Cc1ccccc1. The van der Waals surface area contributed by atoms with E-state index in [0.717, 1.165) is 42.8 Å². The monoisotopic (exact) mass is 426 g/mol. The summed E-state index contributed by atoms with van der Waals surface area (Å²) in [4.78, 5) is 0. The van der Waals surface area contributed by atoms with Gasteiger partial charge in [0.2, 0.25) is 0 Å². The molecule has 2 aromatic carbocycles. The number of likely N-dealkylation sites (N-methyl/N-ethyl adjacent to an activating group) is 1. The molecule has 0 unspecified atom stereocenters. The second-order valence-corrected chi connectivity index (χ2v) is 10.3. The number of nitrogens with zero attached hydrogens (tertiary/aromatic N) is 1. The second kappa shape index (κ2) is 12.3. The summed E-state index contributed by atoms with van der Waals surface area (Å²) in [7, 11) is 4.52. The summed E-state index contributed by atoms with van der Waals surface area (Å²) >= 11 is 0. The van der Waals surface area contributed by atoms with Crippen LogP contribution in [0, 0.1) is 18.8 Å². The molecule has 0 aliphatic heterocycles. The third-order valence-electron chi connectivity index (χ3n) is 5.56. The van der Waals surface area contributed by atoms with Gasteiger partial charge in [0.1, 0.15) is 25.4 Å². The van der Waals surface area contributed by atoms with E-state index < -0.39 is 0 Å². The summed E-state index contributed by atoms with van der Waals surface area (Å²) < 4.78 is 13.1. The van der Waals surface area contributed by atoms with Crippen molar-refractivity contribution in [1.29, 1.82) is 0 Å². The van der Waals surface area contributed by atoms with Gasteiger partial charge in [0.15, 0.2) is 0 Å². The van der Waals surface area contributed by atoms with Crippen molar-refractivity contribution < 1.29 is 14.0 Å². The Balaban J connectivity index is 1.86. The Labute approximate surface area is 191 Å². The second-order valence-electron chi connectivity index (χ2n) is 10.3. The van der Waals surface area contributed by atoms with E-state index in [1.165, 1.54) is 22.3 Å². The smallest absolute Gasteiger partial charge is 0.125 e. The number of benzene rings is 2. The average molecular weight is 427 g/mol. The molecule has 0 aliphatic carbocycles. The summed E-state index contributed by atoms with van der Waals surface area (Å²) in [5.41, 5.74) is 5.42. The predicted octanol–water partition coefficient (Wildman–Crippen LogP) is 6.06. The highest BCUT2D eigenvalue weighted by Gasteiger charge is 2.17. The van der Waals surface area contributed by atoms with Gasteiger partial charge in [-0.2, -0.15) is 0 Å². The highest BCUT2D eigenvalue weighted by Crippen LogP contribution is 2.31. The molecular weight excluding hydrogens is 382 g/mol. The van der Waals surface area contributed by atoms with Crippen LogP contribution >= 0.6 is 0 Å². The van der Waals surface area contributed by atoms with Crippen molar-refractivity contribution in [2.45, 2.75) is 54.0 Å². The van der Waals surface area contributed by atoms with Gasteiger partial charge in [0.05, 0.1) is 27.3 Å². The summed E-state index contributed by atoms with van der Waals surface area (Å²) in [6.45, 7) is 15.3. The van der Waals surface area contributed by atoms with Crippen LogP contribution in [0.4, 0.5) is 0 Å². The van der Waals surface area contributed by atoms with Crippen molar-refractivity contribution in [3.63, 3.8) is 0 Å². The Morgan fingerprint density at radius 3 is 2.13 bits per heavy atom. The first-order valence-corrected chi connectivity index (χ1v) is 11.9. The maximum absolute atomic E-state index is 6.29. The predicted molar refractivity (Wildman–Crippen MR) is 132 cm³/mol. The molecule has 0 saturated carbocycles. The first kappa shape index (κ1) is 25.4. The van der Waals surface area contributed by atoms with Crippen LogP contribution in [-0.4, -0.2) is 44.9 Å². The molecule has 0 spiro atoms. The highest BCUT2D eigenvalue weighted by molar-refractivity contribution is 5.46. The molecule has 31 heavy (non-hydrogen) atoms. The molecule has 3 nitrogen and oxygen atoms in total. The quantitative estimate of drug-likeness (QED) is 0.286. The van der Waals surface area contributed by atoms with E-state index in [4.69, 9.17) is 9.47 Å². The minimum absolute atomic E-state index is 0.600. The topological polar surface area (TPSA) is 18.5 Å². The van der Waals surface area contributed by atoms with Crippen molar-refractivity contribution in [1.82, 2.24) is 0 Å². The number of ether oxygens (including phenoxy) is 2. The van der Waals surface area contributed by atoms with Gasteiger partial charge >= 0.3 is 0 Å². The van der Waals surface area contributed by atoms with E-state index in [0.29, 0.717) is 25.0 Å². The van der Waals surface area contributed by atoms with E-state index in [1.54, 1.807) is 0 Å². The van der Waals surface area contributed by atoms with Crippen LogP contribution in [-0.2, 0) is 24.1 Å². The number of aryl methyl sites for hydroxylation is 1. The molecule has 0 amide bonds. The van der Waals surface area contributed by atoms with E-state index in [1.807, 2.05) is 0 Å².